The summed E-state index contributed by atoms with van der Waals surface area (Å²) in [6, 6.07) is 10.5. The lowest BCUT2D eigenvalue weighted by atomic mass is 10.1. The first-order chi connectivity index (χ1) is 9.56. The molecular formula is C14H10ClN3OS. The highest BCUT2D eigenvalue weighted by Crippen LogP contribution is 2.23. The fourth-order valence-electron chi connectivity index (χ4n) is 2.21. The molecule has 0 radical (unpaired) electrons. The summed E-state index contributed by atoms with van der Waals surface area (Å²) in [5.74, 6) is 0. The molecule has 0 atom stereocenters. The molecule has 4 N–H and O–H groups in total. The van der Waals surface area contributed by atoms with E-state index in [9.17, 15) is 4.79 Å². The Morgan fingerprint density at radius 2 is 2.05 bits per heavy atom. The lowest BCUT2D eigenvalue weighted by Gasteiger charge is -2.09. The fourth-order valence-corrected chi connectivity index (χ4v) is 2.49. The topological polar surface area (TPSA) is 70.9 Å². The number of nitrogens with one attached hydrogen (secondary N) is 2. The second-order valence-electron chi connectivity index (χ2n) is 4.36. The van der Waals surface area contributed by atoms with Gasteiger partial charge in [0.2, 0.25) is 0 Å². The second-order valence-corrected chi connectivity index (χ2v) is 5.24. The molecule has 4 nitrogen and oxygen atoms in total. The molecule has 0 saturated carbocycles. The Labute approximate surface area is 124 Å². The van der Waals surface area contributed by atoms with Crippen LogP contribution in [-0.2, 0) is 0 Å². The Balaban J connectivity index is 2.43. The van der Waals surface area contributed by atoms with Crippen LogP contribution in [0.15, 0.2) is 41.2 Å². The zero-order valence-corrected chi connectivity index (χ0v) is 11.8. The minimum atomic E-state index is -0.0807. The molecule has 3 aromatic rings. The maximum Gasteiger partial charge on any atom is 0.197 e. The average molecular weight is 304 g/mol. The van der Waals surface area contributed by atoms with Crippen molar-refractivity contribution >= 4 is 56.4 Å². The number of anilines is 1. The Morgan fingerprint density at radius 1 is 1.25 bits per heavy atom. The van der Waals surface area contributed by atoms with Crippen LogP contribution in [0.5, 0.6) is 0 Å². The molecule has 0 bridgehead atoms. The number of pyridine rings is 1. The number of hydrogen-bond donors (Lipinski definition) is 3. The van der Waals surface area contributed by atoms with Crippen molar-refractivity contribution in [1.82, 2.24) is 4.98 Å². The van der Waals surface area contributed by atoms with Gasteiger partial charge in [-0.3, -0.25) is 4.79 Å². The highest BCUT2D eigenvalue weighted by Gasteiger charge is 2.09. The molecule has 0 unspecified atom stereocenters. The van der Waals surface area contributed by atoms with Crippen LogP contribution in [0.3, 0.4) is 0 Å². The predicted molar refractivity (Wildman–Crippen MR) is 87.5 cm³/mol. The van der Waals surface area contributed by atoms with Crippen molar-refractivity contribution in [2.24, 2.45) is 5.73 Å². The van der Waals surface area contributed by atoms with Gasteiger partial charge in [-0.15, -0.1) is 0 Å². The largest absolute Gasteiger partial charge is 0.376 e. The van der Waals surface area contributed by atoms with E-state index in [1.54, 1.807) is 36.4 Å². The van der Waals surface area contributed by atoms with Gasteiger partial charge in [-0.25, -0.2) is 0 Å². The Morgan fingerprint density at radius 3 is 2.80 bits per heavy atom. The number of aromatic nitrogens is 1. The van der Waals surface area contributed by atoms with Crippen LogP contribution >= 0.6 is 23.8 Å². The number of fused-ring (bicyclic) bond motifs is 2. The number of rotatable bonds is 1. The molecule has 0 fully saturated rings. The van der Waals surface area contributed by atoms with E-state index in [0.717, 1.165) is 0 Å². The number of benzene rings is 2. The summed E-state index contributed by atoms with van der Waals surface area (Å²) in [5, 5.41) is 4.65. The lowest BCUT2D eigenvalue weighted by molar-refractivity contribution is 1.47. The highest BCUT2D eigenvalue weighted by atomic mass is 35.5. The van der Waals surface area contributed by atoms with Crippen LogP contribution in [0.2, 0.25) is 5.02 Å². The molecule has 6 heteroatoms. The molecule has 100 valence electrons. The third-order valence-electron chi connectivity index (χ3n) is 3.05. The molecule has 0 spiro atoms. The van der Waals surface area contributed by atoms with E-state index < -0.39 is 0 Å². The van der Waals surface area contributed by atoms with Crippen LogP contribution in [0.4, 0.5) is 5.69 Å². The fraction of sp³-hybridized carbons (Fsp3) is 0. The maximum absolute atomic E-state index is 12.5. The van der Waals surface area contributed by atoms with Crippen LogP contribution in [0.25, 0.3) is 21.8 Å². The van der Waals surface area contributed by atoms with Crippen molar-refractivity contribution in [3.05, 3.63) is 51.6 Å². The molecule has 3 rings (SSSR count). The molecule has 1 aromatic heterocycles. The summed E-state index contributed by atoms with van der Waals surface area (Å²) in [5.41, 5.74) is 7.47. The van der Waals surface area contributed by atoms with Gasteiger partial charge in [0.15, 0.2) is 10.5 Å². The van der Waals surface area contributed by atoms with Gasteiger partial charge in [0.25, 0.3) is 0 Å². The van der Waals surface area contributed by atoms with Gasteiger partial charge in [0.1, 0.15) is 0 Å². The zero-order chi connectivity index (χ0) is 14.3. The third kappa shape index (κ3) is 2.11. The lowest BCUT2D eigenvalue weighted by Crippen LogP contribution is -2.19. The predicted octanol–water partition coefficient (Wildman–Crippen LogP) is 2.99. The third-order valence-corrected chi connectivity index (χ3v) is 3.39. The van der Waals surface area contributed by atoms with E-state index in [4.69, 9.17) is 29.6 Å². The number of thiocarbonyl (C=S) groups is 1. The van der Waals surface area contributed by atoms with E-state index in [1.807, 2.05) is 0 Å². The minimum absolute atomic E-state index is 0.0807. The van der Waals surface area contributed by atoms with Gasteiger partial charge in [-0.2, -0.15) is 0 Å². The second kappa shape index (κ2) is 4.77. The molecule has 20 heavy (non-hydrogen) atoms. The molecule has 1 heterocycles. The summed E-state index contributed by atoms with van der Waals surface area (Å²) in [4.78, 5) is 15.7. The van der Waals surface area contributed by atoms with Crippen LogP contribution < -0.4 is 16.5 Å². The van der Waals surface area contributed by atoms with E-state index in [1.165, 1.54) is 0 Å². The van der Waals surface area contributed by atoms with Crippen LogP contribution in [-0.4, -0.2) is 10.1 Å². The molecule has 0 aliphatic rings. The summed E-state index contributed by atoms with van der Waals surface area (Å²) in [7, 11) is 0. The van der Waals surface area contributed by atoms with Gasteiger partial charge in [0, 0.05) is 21.3 Å². The maximum atomic E-state index is 12.5. The van der Waals surface area contributed by atoms with Crippen molar-refractivity contribution in [2.45, 2.75) is 0 Å². The highest BCUT2D eigenvalue weighted by molar-refractivity contribution is 7.80. The summed E-state index contributed by atoms with van der Waals surface area (Å²) >= 11 is 10.8. The molecule has 0 aliphatic heterocycles. The van der Waals surface area contributed by atoms with Gasteiger partial charge in [-0.1, -0.05) is 17.7 Å². The standard InChI is InChI=1S/C14H10ClN3OS/c15-7-4-5-10-9(6-7)13(19)8-2-1-3-11(12(8)17-10)18-14(16)20/h1-6H,(H,17,19)(H3,16,18,20). The van der Waals surface area contributed by atoms with E-state index >= 15 is 0 Å². The number of hydrogen-bond acceptors (Lipinski definition) is 2. The Kier molecular flexibility index (Phi) is 3.08. The first kappa shape index (κ1) is 12.9. The summed E-state index contributed by atoms with van der Waals surface area (Å²) in [6.07, 6.45) is 0. The Bertz CT molecular complexity index is 904. The quantitative estimate of drug-likeness (QED) is 0.477. The monoisotopic (exact) mass is 303 g/mol. The number of aromatic amines is 1. The Hall–Kier alpha value is -2.11. The van der Waals surface area contributed by atoms with E-state index in [0.29, 0.717) is 32.5 Å². The first-order valence-corrected chi connectivity index (χ1v) is 6.65. The van der Waals surface area contributed by atoms with Crippen molar-refractivity contribution in [3.8, 4) is 0 Å². The van der Waals surface area contributed by atoms with Crippen molar-refractivity contribution in [3.63, 3.8) is 0 Å². The average Bonchev–Trinajstić information content (AvgIpc) is 2.40. The summed E-state index contributed by atoms with van der Waals surface area (Å²) < 4.78 is 0. The first-order valence-electron chi connectivity index (χ1n) is 5.87. The van der Waals surface area contributed by atoms with Crippen molar-refractivity contribution in [2.75, 3.05) is 5.32 Å². The zero-order valence-electron chi connectivity index (χ0n) is 10.2. The molecular weight excluding hydrogens is 294 g/mol. The smallest absolute Gasteiger partial charge is 0.197 e. The summed E-state index contributed by atoms with van der Waals surface area (Å²) in [6.45, 7) is 0. The van der Waals surface area contributed by atoms with Gasteiger partial charge >= 0.3 is 0 Å². The van der Waals surface area contributed by atoms with Gasteiger partial charge in [0.05, 0.1) is 11.2 Å². The normalized spacial score (nSPS) is 10.8. The van der Waals surface area contributed by atoms with Crippen molar-refractivity contribution in [1.29, 1.82) is 0 Å². The van der Waals surface area contributed by atoms with Crippen LogP contribution in [0.1, 0.15) is 0 Å². The molecule has 0 saturated heterocycles. The molecule has 2 aromatic carbocycles. The number of para-hydroxylation sites is 1. The molecule has 0 aliphatic carbocycles. The number of H-pyrrole nitrogens is 1. The number of nitrogens with two attached hydrogens (primary N) is 1. The van der Waals surface area contributed by atoms with Crippen LogP contribution in [0, 0.1) is 0 Å². The number of halogens is 1. The minimum Gasteiger partial charge on any atom is -0.376 e. The molecule has 0 amide bonds. The SMILES string of the molecule is NC(=S)Nc1cccc2c(=O)c3cc(Cl)ccc3[nH]c12. The van der Waals surface area contributed by atoms with Gasteiger partial charge < -0.3 is 16.0 Å². The van der Waals surface area contributed by atoms with Gasteiger partial charge in [-0.05, 0) is 42.5 Å². The van der Waals surface area contributed by atoms with Crippen molar-refractivity contribution < 1.29 is 0 Å². The van der Waals surface area contributed by atoms with E-state index in [-0.39, 0.29) is 10.5 Å². The van der Waals surface area contributed by atoms with E-state index in [2.05, 4.69) is 10.3 Å².